The van der Waals surface area contributed by atoms with Crippen molar-refractivity contribution in [1.82, 2.24) is 0 Å². The molecule has 0 saturated carbocycles. The van der Waals surface area contributed by atoms with E-state index in [4.69, 9.17) is 18.9 Å². The van der Waals surface area contributed by atoms with Crippen LogP contribution in [-0.2, 0) is 20.3 Å². The van der Waals surface area contributed by atoms with E-state index in [1.54, 1.807) is 0 Å². The van der Waals surface area contributed by atoms with Crippen molar-refractivity contribution in [1.29, 1.82) is 0 Å². The Morgan fingerprint density at radius 1 is 0.350 bits per heavy atom. The molecule has 2 atom stereocenters. The van der Waals surface area contributed by atoms with Gasteiger partial charge >= 0.3 is 0 Å². The number of hydrogen-bond donors (Lipinski definition) is 0. The zero-order valence-electron chi connectivity index (χ0n) is 56.9. The zero-order valence-corrected chi connectivity index (χ0v) is 56.9. The third kappa shape index (κ3) is 10.7. The van der Waals surface area contributed by atoms with Crippen LogP contribution in [0.25, 0.3) is 33.4 Å². The lowest BCUT2D eigenvalue weighted by molar-refractivity contribution is -0.133. The Labute approximate surface area is 582 Å². The largest absolute Gasteiger partial charge is 0.493 e. The fraction of sp³-hybridized carbons (Fsp3) is 0.200. The first kappa shape index (κ1) is 64.2. The van der Waals surface area contributed by atoms with Crippen LogP contribution in [0.4, 0.5) is 51.7 Å². The molecule has 16 rings (SSSR count). The molecule has 0 bridgehead atoms. The van der Waals surface area contributed by atoms with Crippen LogP contribution in [0.3, 0.4) is 0 Å². The number of benzene rings is 12. The molecule has 2 fully saturated rings. The summed E-state index contributed by atoms with van der Waals surface area (Å²) in [6.07, 6.45) is 1.94. The molecule has 2 saturated heterocycles. The summed E-state index contributed by atoms with van der Waals surface area (Å²) in [5.74, 6) is -1.24. The molecule has 0 aromatic heterocycles. The van der Waals surface area contributed by atoms with Crippen molar-refractivity contribution in [3.8, 4) is 44.9 Å². The maximum Gasteiger partial charge on any atom is 0.150 e. The maximum absolute atomic E-state index is 16.8. The van der Waals surface area contributed by atoms with Crippen molar-refractivity contribution in [2.75, 3.05) is 49.4 Å². The Kier molecular flexibility index (Phi) is 16.3. The van der Waals surface area contributed by atoms with Crippen molar-refractivity contribution >= 4 is 34.1 Å². The molecule has 100 heavy (non-hydrogen) atoms. The van der Waals surface area contributed by atoms with Crippen molar-refractivity contribution in [3.05, 3.63) is 345 Å². The van der Waals surface area contributed by atoms with Gasteiger partial charge in [0.15, 0.2) is 0 Å². The van der Waals surface area contributed by atoms with Crippen molar-refractivity contribution in [3.63, 3.8) is 0 Å². The van der Waals surface area contributed by atoms with Crippen LogP contribution >= 0.6 is 0 Å². The van der Waals surface area contributed by atoms with E-state index >= 15 is 17.6 Å². The van der Waals surface area contributed by atoms with Crippen LogP contribution in [0.2, 0.25) is 0 Å². The van der Waals surface area contributed by atoms with Gasteiger partial charge in [0.2, 0.25) is 0 Å². The topological polar surface area (TPSA) is 43.4 Å². The molecule has 2 heterocycles. The Hall–Kier alpha value is -10.5. The second-order valence-corrected chi connectivity index (χ2v) is 28.0. The number of anilines is 6. The van der Waals surface area contributed by atoms with Gasteiger partial charge in [-0.15, -0.1) is 0 Å². The van der Waals surface area contributed by atoms with E-state index in [-0.39, 0.29) is 22.2 Å². The monoisotopic (exact) mass is 1320 g/mol. The Balaban J connectivity index is 0.781. The summed E-state index contributed by atoms with van der Waals surface area (Å²) in [7, 11) is 0. The Morgan fingerprint density at radius 3 is 1.08 bits per heavy atom. The smallest absolute Gasteiger partial charge is 0.150 e. The lowest BCUT2D eigenvalue weighted by Crippen LogP contribution is -2.46. The summed E-state index contributed by atoms with van der Waals surface area (Å²) in [5, 5.41) is 0. The highest BCUT2D eigenvalue weighted by molar-refractivity contribution is 5.92. The molecule has 0 radical (unpaired) electrons. The van der Waals surface area contributed by atoms with Gasteiger partial charge in [-0.05, 0) is 227 Å². The van der Waals surface area contributed by atoms with Crippen LogP contribution in [-0.4, -0.2) is 39.6 Å². The van der Waals surface area contributed by atoms with E-state index < -0.39 is 34.1 Å². The third-order valence-electron chi connectivity index (χ3n) is 21.9. The zero-order chi connectivity index (χ0) is 68.7. The van der Waals surface area contributed by atoms with Crippen LogP contribution < -0.4 is 19.3 Å². The maximum atomic E-state index is 16.8. The lowest BCUT2D eigenvalue weighted by atomic mass is 9.66. The van der Waals surface area contributed by atoms with E-state index in [0.717, 1.165) is 137 Å². The summed E-state index contributed by atoms with van der Waals surface area (Å²) in [4.78, 5) is 3.72. The first-order valence-electron chi connectivity index (χ1n) is 34.6. The van der Waals surface area contributed by atoms with E-state index in [0.29, 0.717) is 62.4 Å². The van der Waals surface area contributed by atoms with Gasteiger partial charge in [0, 0.05) is 34.9 Å². The third-order valence-corrected chi connectivity index (χ3v) is 21.9. The summed E-state index contributed by atoms with van der Waals surface area (Å²) in [6.45, 7) is 16.8. The van der Waals surface area contributed by atoms with Gasteiger partial charge in [-0.25, -0.2) is 17.6 Å². The minimum Gasteiger partial charge on any atom is -0.493 e. The Bertz CT molecular complexity index is 4790. The highest BCUT2D eigenvalue weighted by Crippen LogP contribution is 2.61. The Morgan fingerprint density at radius 2 is 0.720 bits per heavy atom. The molecular formula is C90H76F4N2O4. The summed E-state index contributed by atoms with van der Waals surface area (Å²) < 4.78 is 87.9. The number of aryl methyl sites for hydroxylation is 4. The molecule has 12 aromatic rings. The minimum absolute atomic E-state index is 0.00745. The SMILES string of the molecule is CCC1(COc2ccc(C3(c4cc(C)ccc4C)c4ccccc4-c4ccc(N(c5ccc(-c6ccc(N(c7ccc8c(c7)C(c7ccc(OCC9(CC)COC9)cc7)(c7cc(C)ccc7C)c7ccccc7-8)c7ccc(F)cc7F)cc6)cc5)c5ccc(F)cc5F)cc43)cc2)COC1. The van der Waals surface area contributed by atoms with Gasteiger partial charge in [-0.3, -0.25) is 0 Å². The fourth-order valence-electron chi connectivity index (χ4n) is 16.0. The number of nitrogens with zero attached hydrogens (tertiary/aromatic N) is 2. The van der Waals surface area contributed by atoms with Crippen LogP contribution in [0.5, 0.6) is 11.5 Å². The number of halogens is 4. The predicted molar refractivity (Wildman–Crippen MR) is 393 cm³/mol. The highest BCUT2D eigenvalue weighted by atomic mass is 19.1. The highest BCUT2D eigenvalue weighted by Gasteiger charge is 2.50. The standard InChI is InChI=1S/C90H76F4N2O4/c1-7-87(51-97-52-87)55-99-71-37-25-63(26-38-71)89(79-45-57(3)17-19-59(79)5)77-15-11-9-13-73(77)75-41-35-69(49-81(75)89)95(85-43-29-65(91)47-83(85)93)67-31-21-61(22-32-67)62-23-33-68(34-24-62)96(86-44-30-66(92)48-84(86)94)70-36-42-76-74-14-10-12-16-78(74)90(82(76)50-70,80-46-58(4)18-20-60(80)6)64-27-39-72(40-28-64)100-56-88(8-2)53-98-54-88/h9-50H,7-8,51-56H2,1-6H3. The molecule has 4 aliphatic rings. The summed E-state index contributed by atoms with van der Waals surface area (Å²) in [5.41, 5.74) is 20.5. The normalized spacial score (nSPS) is 17.3. The quantitative estimate of drug-likeness (QED) is 0.0752. The van der Waals surface area contributed by atoms with Gasteiger partial charge in [0.1, 0.15) is 34.8 Å². The molecule has 0 N–H and O–H groups in total. The van der Waals surface area contributed by atoms with Crippen LogP contribution in [0.1, 0.15) is 93.5 Å². The molecule has 0 amide bonds. The first-order chi connectivity index (χ1) is 48.6. The van der Waals surface area contributed by atoms with Crippen LogP contribution in [0.15, 0.2) is 255 Å². The molecule has 10 heteroatoms. The number of rotatable bonds is 19. The predicted octanol–water partition coefficient (Wildman–Crippen LogP) is 22.4. The van der Waals surface area contributed by atoms with Crippen molar-refractivity contribution in [2.24, 2.45) is 10.8 Å². The number of hydrogen-bond acceptors (Lipinski definition) is 6. The van der Waals surface area contributed by atoms with Gasteiger partial charge in [0.05, 0.1) is 72.7 Å². The molecule has 12 aromatic carbocycles. The average molecular weight is 1330 g/mol. The molecule has 2 aliphatic carbocycles. The second kappa shape index (κ2) is 25.3. The van der Waals surface area contributed by atoms with Crippen molar-refractivity contribution < 1.29 is 36.5 Å². The van der Waals surface area contributed by atoms with Gasteiger partial charge in [-0.1, -0.05) is 171 Å². The van der Waals surface area contributed by atoms with Gasteiger partial charge in [0.25, 0.3) is 0 Å². The summed E-state index contributed by atoms with van der Waals surface area (Å²) in [6, 6.07) is 83.4. The molecule has 2 unspecified atom stereocenters. The molecular weight excluding hydrogens is 1250 g/mol. The van der Waals surface area contributed by atoms with Crippen LogP contribution in [0, 0.1) is 61.8 Å². The molecule has 0 spiro atoms. The molecule has 2 aliphatic heterocycles. The fourth-order valence-corrected chi connectivity index (χ4v) is 16.0. The first-order valence-corrected chi connectivity index (χ1v) is 34.6. The van der Waals surface area contributed by atoms with E-state index in [9.17, 15) is 0 Å². The minimum atomic E-state index is -0.825. The van der Waals surface area contributed by atoms with E-state index in [1.807, 2.05) is 70.5 Å². The average Bonchev–Trinajstić information content (AvgIpc) is 1.53. The van der Waals surface area contributed by atoms with E-state index in [2.05, 4.69) is 199 Å². The number of fused-ring (bicyclic) bond motifs is 6. The lowest BCUT2D eigenvalue weighted by Gasteiger charge is -2.40. The van der Waals surface area contributed by atoms with Gasteiger partial charge in [-0.2, -0.15) is 0 Å². The number of ether oxygens (including phenoxy) is 4. The van der Waals surface area contributed by atoms with Gasteiger partial charge < -0.3 is 28.7 Å². The van der Waals surface area contributed by atoms with Crippen molar-refractivity contribution in [2.45, 2.75) is 65.2 Å². The molecule has 6 nitrogen and oxygen atoms in total. The molecule has 498 valence electrons. The van der Waals surface area contributed by atoms with E-state index in [1.165, 1.54) is 24.3 Å². The summed E-state index contributed by atoms with van der Waals surface area (Å²) >= 11 is 0. The second-order valence-electron chi connectivity index (χ2n) is 28.0.